The second kappa shape index (κ2) is 13.6. The molecule has 1 amide bonds. The Balaban J connectivity index is 1.34. The van der Waals surface area contributed by atoms with Crippen molar-refractivity contribution in [2.24, 2.45) is 5.41 Å². The van der Waals surface area contributed by atoms with Crippen LogP contribution in [0.2, 0.25) is 0 Å². The van der Waals surface area contributed by atoms with Crippen molar-refractivity contribution in [1.29, 1.82) is 0 Å². The largest absolute Gasteiger partial charge is 0.508 e. The maximum atomic E-state index is 16.9. The second-order valence-electron chi connectivity index (χ2n) is 13.4. The third-order valence-corrected chi connectivity index (χ3v) is 9.87. The predicted octanol–water partition coefficient (Wildman–Crippen LogP) is 5.21. The van der Waals surface area contributed by atoms with Crippen LogP contribution in [-0.4, -0.2) is 95.4 Å². The predicted molar refractivity (Wildman–Crippen MR) is 183 cm³/mol. The van der Waals surface area contributed by atoms with E-state index in [0.717, 1.165) is 44.6 Å². The number of morpholine rings is 1. The van der Waals surface area contributed by atoms with Gasteiger partial charge in [0.2, 0.25) is 5.91 Å². The minimum atomic E-state index is -3.25. The molecular weight excluding hydrogens is 668 g/mol. The molecule has 10 nitrogen and oxygen atoms in total. The molecule has 3 fully saturated rings. The van der Waals surface area contributed by atoms with E-state index in [1.165, 1.54) is 24.4 Å². The lowest BCUT2D eigenvalue weighted by atomic mass is 9.96. The Morgan fingerprint density at radius 2 is 1.96 bits per heavy atom. The Bertz CT molecular complexity index is 2060. The van der Waals surface area contributed by atoms with Crippen LogP contribution in [0.1, 0.15) is 31.2 Å². The molecule has 0 spiro atoms. The van der Waals surface area contributed by atoms with Crippen LogP contribution in [0.15, 0.2) is 43.1 Å². The number of nitrogens with zero attached hydrogens (tertiary/aromatic N) is 5. The van der Waals surface area contributed by atoms with Gasteiger partial charge in [0.05, 0.1) is 30.8 Å². The fourth-order valence-corrected chi connectivity index (χ4v) is 6.94. The molecule has 51 heavy (non-hydrogen) atoms. The van der Waals surface area contributed by atoms with Crippen molar-refractivity contribution in [1.82, 2.24) is 25.2 Å². The molecule has 1 saturated carbocycles. The SMILES string of the molecule is C#Cc1c(F)ccc2cc(O)cc(-c3ncc4c(N5CCCC(F)(F)C(NC(=O)C=C)C5)nc(OCC5(CN6CCOCC6)CC5)nc4c3F)c12. The van der Waals surface area contributed by atoms with Gasteiger partial charge in [-0.05, 0) is 48.9 Å². The van der Waals surface area contributed by atoms with Gasteiger partial charge < -0.3 is 24.8 Å². The highest BCUT2D eigenvalue weighted by molar-refractivity contribution is 6.03. The number of ether oxygens (including phenoxy) is 2. The van der Waals surface area contributed by atoms with Gasteiger partial charge in [-0.3, -0.25) is 14.7 Å². The first-order chi connectivity index (χ1) is 24.5. The maximum absolute atomic E-state index is 16.9. The lowest BCUT2D eigenvalue weighted by Gasteiger charge is -2.31. The zero-order valence-corrected chi connectivity index (χ0v) is 27.7. The smallest absolute Gasteiger partial charge is 0.319 e. The fraction of sp³-hybridized carbons (Fsp3) is 0.405. The summed E-state index contributed by atoms with van der Waals surface area (Å²) >= 11 is 0. The molecule has 14 heteroatoms. The number of halogens is 4. The number of carbonyl (C=O) groups excluding carboxylic acids is 1. The van der Waals surface area contributed by atoms with Gasteiger partial charge in [-0.2, -0.15) is 9.97 Å². The summed E-state index contributed by atoms with van der Waals surface area (Å²) in [4.78, 5) is 29.5. The third kappa shape index (κ3) is 6.88. The van der Waals surface area contributed by atoms with Crippen LogP contribution in [0.3, 0.4) is 0 Å². The number of hydrogen-bond acceptors (Lipinski definition) is 9. The van der Waals surface area contributed by atoms with Crippen LogP contribution < -0.4 is 15.0 Å². The average molecular weight is 705 g/mol. The molecule has 0 bridgehead atoms. The van der Waals surface area contributed by atoms with Crippen molar-refractivity contribution in [2.75, 3.05) is 57.4 Å². The topological polar surface area (TPSA) is 113 Å². The summed E-state index contributed by atoms with van der Waals surface area (Å²) in [7, 11) is 0. The summed E-state index contributed by atoms with van der Waals surface area (Å²) in [5.74, 6) is -3.46. The number of hydrogen-bond donors (Lipinski definition) is 2. The monoisotopic (exact) mass is 704 g/mol. The van der Waals surface area contributed by atoms with Crippen molar-refractivity contribution in [3.8, 4) is 35.4 Å². The van der Waals surface area contributed by atoms with E-state index in [1.807, 2.05) is 0 Å². The van der Waals surface area contributed by atoms with Crippen LogP contribution in [0.5, 0.6) is 11.8 Å². The molecule has 2 N–H and O–H groups in total. The zero-order valence-electron chi connectivity index (χ0n) is 27.7. The van der Waals surface area contributed by atoms with E-state index in [1.54, 1.807) is 4.90 Å². The van der Waals surface area contributed by atoms with Crippen molar-refractivity contribution in [2.45, 2.75) is 37.6 Å². The lowest BCUT2D eigenvalue weighted by Crippen LogP contribution is -2.52. The highest BCUT2D eigenvalue weighted by atomic mass is 19.3. The number of terminal acetylenes is 1. The molecule has 1 unspecified atom stereocenters. The number of phenols is 1. The van der Waals surface area contributed by atoms with Gasteiger partial charge in [0.25, 0.3) is 5.92 Å². The van der Waals surface area contributed by atoms with E-state index in [4.69, 9.17) is 15.9 Å². The van der Waals surface area contributed by atoms with E-state index in [0.29, 0.717) is 18.6 Å². The normalized spacial score (nSPS) is 20.1. The summed E-state index contributed by atoms with van der Waals surface area (Å²) < 4.78 is 73.9. The Morgan fingerprint density at radius 3 is 2.69 bits per heavy atom. The van der Waals surface area contributed by atoms with E-state index in [2.05, 4.69) is 37.7 Å². The molecule has 1 atom stereocenters. The first-order valence-electron chi connectivity index (χ1n) is 16.8. The number of phenolic OH excluding ortho intramolecular Hbond substituents is 1. The molecule has 3 aliphatic rings. The molecular formula is C37H36F4N6O4. The van der Waals surface area contributed by atoms with Crippen LogP contribution in [0.4, 0.5) is 23.4 Å². The molecule has 1 aliphatic carbocycles. The Labute approximate surface area is 291 Å². The standard InChI is InChI=1S/C37H36F4N6O4/c1-3-24-27(38)7-6-22-16-23(48)17-25(30(22)24)32-31(39)33-26(18-42-32)34(47-11-5-8-37(40,41)28(19-47)43-29(49)4-2)45-35(44-33)51-21-36(9-10-36)20-46-12-14-50-15-13-46/h1,4,6-7,16-18,28,48H,2,5,8-15,19-21H2,(H,43,49). The van der Waals surface area contributed by atoms with Gasteiger partial charge in [0.15, 0.2) is 5.82 Å². The number of amides is 1. The molecule has 0 radical (unpaired) electrons. The number of benzene rings is 2. The van der Waals surface area contributed by atoms with Crippen molar-refractivity contribution in [3.05, 3.63) is 60.3 Å². The summed E-state index contributed by atoms with van der Waals surface area (Å²) in [6.07, 6.45) is 9.26. The number of rotatable bonds is 9. The van der Waals surface area contributed by atoms with Crippen LogP contribution in [0, 0.1) is 29.4 Å². The van der Waals surface area contributed by atoms with Crippen LogP contribution in [-0.2, 0) is 9.53 Å². The molecule has 4 heterocycles. The van der Waals surface area contributed by atoms with Crippen LogP contribution >= 0.6 is 0 Å². The first-order valence-corrected chi connectivity index (χ1v) is 16.8. The minimum Gasteiger partial charge on any atom is -0.508 e. The van der Waals surface area contributed by atoms with E-state index < -0.39 is 35.9 Å². The summed E-state index contributed by atoms with van der Waals surface area (Å²) in [5, 5.41) is 13.5. The number of aromatic nitrogens is 3. The van der Waals surface area contributed by atoms with Crippen molar-refractivity contribution >= 4 is 33.4 Å². The highest BCUT2D eigenvalue weighted by Gasteiger charge is 2.46. The van der Waals surface area contributed by atoms with Crippen LogP contribution in [0.25, 0.3) is 32.9 Å². The number of alkyl halides is 2. The molecule has 2 aliphatic heterocycles. The molecule has 266 valence electrons. The molecule has 2 saturated heterocycles. The van der Waals surface area contributed by atoms with Gasteiger partial charge in [-0.15, -0.1) is 6.42 Å². The fourth-order valence-electron chi connectivity index (χ4n) is 6.94. The Kier molecular flexibility index (Phi) is 9.19. The van der Waals surface area contributed by atoms with Gasteiger partial charge >= 0.3 is 6.01 Å². The van der Waals surface area contributed by atoms with Gasteiger partial charge in [-0.1, -0.05) is 18.6 Å². The summed E-state index contributed by atoms with van der Waals surface area (Å²) in [5.41, 5.74) is -0.757. The number of carbonyl (C=O) groups is 1. The quantitative estimate of drug-likeness (QED) is 0.138. The highest BCUT2D eigenvalue weighted by Crippen LogP contribution is 2.47. The number of nitrogens with one attached hydrogen (secondary N) is 1. The van der Waals surface area contributed by atoms with E-state index in [-0.39, 0.29) is 82.2 Å². The number of anilines is 1. The maximum Gasteiger partial charge on any atom is 0.319 e. The Hall–Kier alpha value is -5.00. The van der Waals surface area contributed by atoms with Crippen molar-refractivity contribution in [3.63, 3.8) is 0 Å². The molecule has 4 aromatic rings. The lowest BCUT2D eigenvalue weighted by molar-refractivity contribution is -0.121. The second-order valence-corrected chi connectivity index (χ2v) is 13.4. The van der Waals surface area contributed by atoms with Gasteiger partial charge in [0, 0.05) is 61.7 Å². The van der Waals surface area contributed by atoms with Gasteiger partial charge in [0.1, 0.15) is 34.6 Å². The third-order valence-electron chi connectivity index (χ3n) is 9.87. The number of fused-ring (bicyclic) bond motifs is 2. The van der Waals surface area contributed by atoms with Crippen molar-refractivity contribution < 1.29 is 36.9 Å². The molecule has 2 aromatic carbocycles. The first kappa shape index (κ1) is 34.4. The molecule has 7 rings (SSSR count). The van der Waals surface area contributed by atoms with Gasteiger partial charge in [-0.25, -0.2) is 17.6 Å². The number of aromatic hydroxyl groups is 1. The molecule has 2 aromatic heterocycles. The number of pyridine rings is 1. The van der Waals surface area contributed by atoms with E-state index in [9.17, 15) is 14.3 Å². The zero-order chi connectivity index (χ0) is 35.9. The summed E-state index contributed by atoms with van der Waals surface area (Å²) in [6, 6.07) is 3.43. The average Bonchev–Trinajstić information content (AvgIpc) is 3.90. The minimum absolute atomic E-state index is 0.0311. The Morgan fingerprint density at radius 1 is 1.18 bits per heavy atom. The van der Waals surface area contributed by atoms with E-state index >= 15 is 13.2 Å². The summed E-state index contributed by atoms with van der Waals surface area (Å²) in [6.45, 7) is 7.06.